The first-order chi connectivity index (χ1) is 9.97. The highest BCUT2D eigenvalue weighted by Gasteiger charge is 2.35. The molecule has 1 aliphatic heterocycles. The quantitative estimate of drug-likeness (QED) is 0.796. The van der Waals surface area contributed by atoms with Gasteiger partial charge >= 0.3 is 0 Å². The zero-order chi connectivity index (χ0) is 15.1. The molecule has 0 spiro atoms. The highest BCUT2D eigenvalue weighted by atomic mass is 35.5. The molecule has 0 saturated carbocycles. The molecule has 0 N–H and O–H groups in total. The first kappa shape index (κ1) is 13.8. The van der Waals surface area contributed by atoms with Gasteiger partial charge in [0.1, 0.15) is 5.82 Å². The Kier molecular flexibility index (Phi) is 3.26. The lowest BCUT2D eigenvalue weighted by atomic mass is 10.1. The van der Waals surface area contributed by atoms with E-state index in [0.717, 1.165) is 11.1 Å². The Bertz CT molecular complexity index is 773. The average molecular weight is 304 g/mol. The first-order valence-corrected chi connectivity index (χ1v) is 6.76. The summed E-state index contributed by atoms with van der Waals surface area (Å²) in [6.07, 6.45) is 0. The van der Waals surface area contributed by atoms with Crippen LogP contribution in [-0.4, -0.2) is 11.7 Å². The summed E-state index contributed by atoms with van der Waals surface area (Å²) in [5.41, 5.74) is 2.38. The Morgan fingerprint density at radius 2 is 1.90 bits per heavy atom. The smallest absolute Gasteiger partial charge is 0.299 e. The predicted octanol–water partition coefficient (Wildman–Crippen LogP) is 3.52. The van der Waals surface area contributed by atoms with Crippen molar-refractivity contribution in [2.45, 2.75) is 13.5 Å². The third kappa shape index (κ3) is 2.32. The minimum Gasteiger partial charge on any atom is -0.300 e. The molecule has 1 amide bonds. The fraction of sp³-hybridized carbons (Fsp3) is 0.125. The lowest BCUT2D eigenvalue weighted by molar-refractivity contribution is -0.114. The Hall–Kier alpha value is -2.20. The number of hydrogen-bond donors (Lipinski definition) is 0. The summed E-state index contributed by atoms with van der Waals surface area (Å²) in [4.78, 5) is 25.5. The summed E-state index contributed by atoms with van der Waals surface area (Å²) in [6, 6.07) is 9.15. The third-order valence-electron chi connectivity index (χ3n) is 3.57. The van der Waals surface area contributed by atoms with E-state index < -0.39 is 11.7 Å². The molecule has 5 heteroatoms. The van der Waals surface area contributed by atoms with E-state index in [9.17, 15) is 14.0 Å². The number of benzene rings is 2. The van der Waals surface area contributed by atoms with Gasteiger partial charge in [0.25, 0.3) is 11.7 Å². The van der Waals surface area contributed by atoms with Gasteiger partial charge in [-0.05, 0) is 48.4 Å². The highest BCUT2D eigenvalue weighted by molar-refractivity contribution is 6.52. The van der Waals surface area contributed by atoms with Crippen molar-refractivity contribution in [3.05, 3.63) is 63.9 Å². The van der Waals surface area contributed by atoms with Crippen LogP contribution in [0, 0.1) is 12.7 Å². The van der Waals surface area contributed by atoms with Gasteiger partial charge in [0.15, 0.2) is 0 Å². The number of fused-ring (bicyclic) bond motifs is 1. The Balaban J connectivity index is 2.00. The lowest BCUT2D eigenvalue weighted by Gasteiger charge is -2.18. The van der Waals surface area contributed by atoms with Crippen LogP contribution in [0.15, 0.2) is 36.4 Å². The molecular formula is C16H11ClFNO2. The molecule has 106 valence electrons. The van der Waals surface area contributed by atoms with E-state index in [1.54, 1.807) is 25.1 Å². The summed E-state index contributed by atoms with van der Waals surface area (Å²) >= 11 is 5.86. The molecule has 0 unspecified atom stereocenters. The Labute approximate surface area is 125 Å². The highest BCUT2D eigenvalue weighted by Crippen LogP contribution is 2.32. The van der Waals surface area contributed by atoms with Crippen molar-refractivity contribution in [2.75, 3.05) is 4.90 Å². The van der Waals surface area contributed by atoms with Crippen LogP contribution in [0.4, 0.5) is 10.1 Å². The van der Waals surface area contributed by atoms with Gasteiger partial charge < -0.3 is 4.90 Å². The van der Waals surface area contributed by atoms with Crippen molar-refractivity contribution in [1.29, 1.82) is 0 Å². The van der Waals surface area contributed by atoms with Gasteiger partial charge in [-0.1, -0.05) is 17.7 Å². The van der Waals surface area contributed by atoms with Crippen molar-refractivity contribution >= 4 is 29.0 Å². The average Bonchev–Trinajstić information content (AvgIpc) is 2.66. The van der Waals surface area contributed by atoms with Gasteiger partial charge in [-0.25, -0.2) is 4.39 Å². The second-order valence-electron chi connectivity index (χ2n) is 4.95. The van der Waals surface area contributed by atoms with E-state index >= 15 is 0 Å². The molecule has 1 aliphatic rings. The van der Waals surface area contributed by atoms with E-state index in [2.05, 4.69) is 0 Å². The van der Waals surface area contributed by atoms with Crippen LogP contribution in [0.2, 0.25) is 5.02 Å². The van der Waals surface area contributed by atoms with Gasteiger partial charge in [0.05, 0.1) is 17.8 Å². The van der Waals surface area contributed by atoms with Crippen molar-refractivity contribution in [2.24, 2.45) is 0 Å². The molecule has 21 heavy (non-hydrogen) atoms. The van der Waals surface area contributed by atoms with Crippen LogP contribution < -0.4 is 4.90 Å². The molecule has 0 bridgehead atoms. The number of Topliss-reactive ketones (excluding diaryl/α,β-unsaturated/α-hetero) is 1. The number of carbonyl (C=O) groups is 2. The summed E-state index contributed by atoms with van der Waals surface area (Å²) < 4.78 is 13.1. The van der Waals surface area contributed by atoms with Crippen LogP contribution in [0.5, 0.6) is 0 Å². The maximum Gasteiger partial charge on any atom is 0.299 e. The minimum atomic E-state index is -0.587. The molecule has 0 radical (unpaired) electrons. The molecule has 0 fully saturated rings. The molecule has 3 nitrogen and oxygen atoms in total. The second kappa shape index (κ2) is 4.97. The molecule has 2 aromatic carbocycles. The van der Waals surface area contributed by atoms with Crippen LogP contribution in [0.1, 0.15) is 21.5 Å². The predicted molar refractivity (Wildman–Crippen MR) is 78.1 cm³/mol. The zero-order valence-corrected chi connectivity index (χ0v) is 11.9. The number of carbonyl (C=O) groups excluding carboxylic acids is 2. The fourth-order valence-corrected chi connectivity index (χ4v) is 2.61. The van der Waals surface area contributed by atoms with E-state index in [-0.39, 0.29) is 12.4 Å². The number of halogens is 2. The fourth-order valence-electron chi connectivity index (χ4n) is 2.44. The lowest BCUT2D eigenvalue weighted by Crippen LogP contribution is -2.29. The van der Waals surface area contributed by atoms with Gasteiger partial charge in [-0.3, -0.25) is 9.59 Å². The van der Waals surface area contributed by atoms with Crippen molar-refractivity contribution in [3.63, 3.8) is 0 Å². The number of hydrogen-bond acceptors (Lipinski definition) is 2. The topological polar surface area (TPSA) is 37.4 Å². The van der Waals surface area contributed by atoms with Crippen molar-refractivity contribution in [1.82, 2.24) is 0 Å². The number of nitrogens with zero attached hydrogens (tertiary/aromatic N) is 1. The van der Waals surface area contributed by atoms with Crippen LogP contribution >= 0.6 is 11.6 Å². The Morgan fingerprint density at radius 3 is 2.62 bits per heavy atom. The summed E-state index contributed by atoms with van der Waals surface area (Å²) in [7, 11) is 0. The van der Waals surface area contributed by atoms with E-state index in [1.807, 2.05) is 0 Å². The Morgan fingerprint density at radius 1 is 1.14 bits per heavy atom. The molecule has 0 atom stereocenters. The summed E-state index contributed by atoms with van der Waals surface area (Å²) in [6.45, 7) is 1.99. The van der Waals surface area contributed by atoms with E-state index in [4.69, 9.17) is 11.6 Å². The van der Waals surface area contributed by atoms with Crippen molar-refractivity contribution in [3.8, 4) is 0 Å². The molecular weight excluding hydrogens is 293 g/mol. The van der Waals surface area contributed by atoms with E-state index in [0.29, 0.717) is 16.3 Å². The molecule has 0 aromatic heterocycles. The number of aryl methyl sites for hydroxylation is 1. The standard InChI is InChI=1S/C16H11ClFNO2/c1-9-6-12(18)4-2-10(9)8-19-14-5-3-11(17)7-13(14)15(20)16(19)21/h2-7H,8H2,1H3. The molecule has 1 heterocycles. The van der Waals surface area contributed by atoms with Gasteiger partial charge in [0.2, 0.25) is 0 Å². The van der Waals surface area contributed by atoms with Crippen molar-refractivity contribution < 1.29 is 14.0 Å². The number of anilines is 1. The normalized spacial score (nSPS) is 13.8. The maximum absolute atomic E-state index is 13.1. The number of ketones is 1. The monoisotopic (exact) mass is 303 g/mol. The third-order valence-corrected chi connectivity index (χ3v) is 3.80. The molecule has 2 aromatic rings. The largest absolute Gasteiger partial charge is 0.300 e. The van der Waals surface area contributed by atoms with Gasteiger partial charge in [-0.2, -0.15) is 0 Å². The first-order valence-electron chi connectivity index (χ1n) is 6.38. The van der Waals surface area contributed by atoms with Gasteiger partial charge in [-0.15, -0.1) is 0 Å². The number of amides is 1. The second-order valence-corrected chi connectivity index (χ2v) is 5.39. The maximum atomic E-state index is 13.1. The van der Waals surface area contributed by atoms with Gasteiger partial charge in [0, 0.05) is 5.02 Å². The molecule has 0 saturated heterocycles. The molecule has 0 aliphatic carbocycles. The minimum absolute atomic E-state index is 0.227. The van der Waals surface area contributed by atoms with Crippen LogP contribution in [-0.2, 0) is 11.3 Å². The SMILES string of the molecule is Cc1cc(F)ccc1CN1C(=O)C(=O)c2cc(Cl)ccc21. The zero-order valence-electron chi connectivity index (χ0n) is 11.2. The van der Waals surface area contributed by atoms with Crippen LogP contribution in [0.3, 0.4) is 0 Å². The summed E-state index contributed by atoms with van der Waals surface area (Å²) in [5, 5.41) is 0.412. The number of rotatable bonds is 2. The molecule has 3 rings (SSSR count). The van der Waals surface area contributed by atoms with E-state index in [1.165, 1.54) is 23.1 Å². The van der Waals surface area contributed by atoms with Crippen LogP contribution in [0.25, 0.3) is 0 Å². The summed E-state index contributed by atoms with van der Waals surface area (Å²) in [5.74, 6) is -1.48.